The third-order valence-electron chi connectivity index (χ3n) is 5.67. The van der Waals surface area contributed by atoms with Crippen LogP contribution < -0.4 is 14.8 Å². The number of aromatic nitrogens is 3. The summed E-state index contributed by atoms with van der Waals surface area (Å²) in [4.78, 5) is 20.1. The average Bonchev–Trinajstić information content (AvgIpc) is 3.39. The molecule has 0 amide bonds. The molecular weight excluding hydrogens is 394 g/mol. The number of nitrogens with zero attached hydrogens (tertiary/aromatic N) is 4. The Balaban J connectivity index is 1.62. The molecule has 2 aromatic carbocycles. The molecule has 1 unspecified atom stereocenters. The van der Waals surface area contributed by atoms with Crippen LogP contribution in [-0.4, -0.2) is 28.6 Å². The van der Waals surface area contributed by atoms with E-state index < -0.39 is 0 Å². The van der Waals surface area contributed by atoms with Gasteiger partial charge in [0.15, 0.2) is 5.65 Å². The quantitative estimate of drug-likeness (QED) is 0.450. The molecule has 2 aromatic heterocycles. The third kappa shape index (κ3) is 3.26. The average molecular weight is 415 g/mol. The minimum absolute atomic E-state index is 0.245. The van der Waals surface area contributed by atoms with Crippen LogP contribution in [0.1, 0.15) is 23.6 Å². The second-order valence-electron chi connectivity index (χ2n) is 7.38. The molecule has 1 atom stereocenters. The maximum absolute atomic E-state index is 11.1. The van der Waals surface area contributed by atoms with E-state index in [0.717, 1.165) is 46.7 Å². The Morgan fingerprint density at radius 2 is 2.06 bits per heavy atom. The number of fused-ring (bicyclic) bond motifs is 2. The molecule has 1 aliphatic rings. The van der Waals surface area contributed by atoms with Crippen LogP contribution in [0.5, 0.6) is 11.5 Å². The number of imidazole rings is 1. The lowest BCUT2D eigenvalue weighted by atomic mass is 10.1. The molecule has 5 rings (SSSR count). The first-order valence-electron chi connectivity index (χ1n) is 9.98. The summed E-state index contributed by atoms with van der Waals surface area (Å²) in [7, 11) is 3.25. The topological polar surface area (TPSA) is 90.1 Å². The van der Waals surface area contributed by atoms with Gasteiger partial charge in [-0.1, -0.05) is 11.2 Å². The molecule has 0 aliphatic heterocycles. The lowest BCUT2D eigenvalue weighted by Gasteiger charge is -2.13. The normalized spacial score (nSPS) is 15.0. The molecule has 0 bridgehead atoms. The summed E-state index contributed by atoms with van der Waals surface area (Å²) >= 11 is 0. The molecule has 0 fully saturated rings. The molecule has 1 aliphatic carbocycles. The predicted octanol–water partition coefficient (Wildman–Crippen LogP) is 4.91. The number of nitrogens with one attached hydrogen (secondary N) is 1. The van der Waals surface area contributed by atoms with Gasteiger partial charge in [-0.2, -0.15) is 4.91 Å². The second-order valence-corrected chi connectivity index (χ2v) is 7.38. The van der Waals surface area contributed by atoms with E-state index in [4.69, 9.17) is 14.5 Å². The van der Waals surface area contributed by atoms with Gasteiger partial charge in [0.1, 0.15) is 29.1 Å². The van der Waals surface area contributed by atoms with Crippen LogP contribution in [0.2, 0.25) is 0 Å². The Kier molecular flexibility index (Phi) is 4.74. The van der Waals surface area contributed by atoms with Gasteiger partial charge in [0.05, 0.1) is 20.4 Å². The number of anilines is 2. The molecule has 0 saturated heterocycles. The zero-order chi connectivity index (χ0) is 21.4. The van der Waals surface area contributed by atoms with Crippen molar-refractivity contribution >= 4 is 17.2 Å². The van der Waals surface area contributed by atoms with E-state index in [1.54, 1.807) is 26.6 Å². The predicted molar refractivity (Wildman–Crippen MR) is 118 cm³/mol. The van der Waals surface area contributed by atoms with Crippen LogP contribution in [0.15, 0.2) is 60.2 Å². The maximum Gasteiger partial charge on any atom is 0.157 e. The number of benzene rings is 2. The van der Waals surface area contributed by atoms with Crippen LogP contribution >= 0.6 is 0 Å². The lowest BCUT2D eigenvalue weighted by molar-refractivity contribution is 0.395. The summed E-state index contributed by atoms with van der Waals surface area (Å²) in [5, 5.41) is 6.76. The molecule has 0 saturated carbocycles. The monoisotopic (exact) mass is 415 g/mol. The minimum Gasteiger partial charge on any atom is -0.497 e. The van der Waals surface area contributed by atoms with Gasteiger partial charge < -0.3 is 14.8 Å². The van der Waals surface area contributed by atoms with Crippen molar-refractivity contribution in [1.82, 2.24) is 14.4 Å². The SMILES string of the molecule is COc1ccc(-c2nc3cnccn3c2Nc2ccc3c(c2)CCC3N=O)c(OC)c1. The Hall–Kier alpha value is -3.94. The van der Waals surface area contributed by atoms with Crippen LogP contribution in [0.4, 0.5) is 11.5 Å². The zero-order valence-corrected chi connectivity index (χ0v) is 17.2. The molecular formula is C23H21N5O3. The van der Waals surface area contributed by atoms with E-state index in [0.29, 0.717) is 17.1 Å². The smallest absolute Gasteiger partial charge is 0.157 e. The molecule has 156 valence electrons. The van der Waals surface area contributed by atoms with E-state index in [1.165, 1.54) is 0 Å². The van der Waals surface area contributed by atoms with Crippen LogP contribution in [0, 0.1) is 4.91 Å². The number of nitroso groups, excluding NO2 is 1. The summed E-state index contributed by atoms with van der Waals surface area (Å²) in [6.45, 7) is 0. The van der Waals surface area contributed by atoms with E-state index in [9.17, 15) is 4.91 Å². The molecule has 2 heterocycles. The number of hydrogen-bond acceptors (Lipinski definition) is 7. The van der Waals surface area contributed by atoms with Crippen molar-refractivity contribution in [2.24, 2.45) is 5.18 Å². The van der Waals surface area contributed by atoms with E-state index >= 15 is 0 Å². The van der Waals surface area contributed by atoms with Crippen molar-refractivity contribution in [2.45, 2.75) is 18.9 Å². The van der Waals surface area contributed by atoms with E-state index in [-0.39, 0.29) is 6.04 Å². The van der Waals surface area contributed by atoms with Gasteiger partial charge in [-0.15, -0.1) is 0 Å². The fraction of sp³-hybridized carbons (Fsp3) is 0.217. The molecule has 31 heavy (non-hydrogen) atoms. The summed E-state index contributed by atoms with van der Waals surface area (Å²) in [5.74, 6) is 2.16. The summed E-state index contributed by atoms with van der Waals surface area (Å²) in [5.41, 5.74) is 5.36. The van der Waals surface area contributed by atoms with E-state index in [1.807, 2.05) is 40.9 Å². The van der Waals surface area contributed by atoms with Crippen molar-refractivity contribution in [3.8, 4) is 22.8 Å². The third-order valence-corrected chi connectivity index (χ3v) is 5.67. The summed E-state index contributed by atoms with van der Waals surface area (Å²) in [6.07, 6.45) is 6.91. The van der Waals surface area contributed by atoms with Crippen molar-refractivity contribution in [1.29, 1.82) is 0 Å². The molecule has 8 nitrogen and oxygen atoms in total. The Labute approximate surface area is 178 Å². The highest BCUT2D eigenvalue weighted by atomic mass is 16.5. The number of aryl methyl sites for hydroxylation is 1. The fourth-order valence-corrected chi connectivity index (χ4v) is 4.13. The van der Waals surface area contributed by atoms with Gasteiger partial charge in [0.25, 0.3) is 0 Å². The number of rotatable bonds is 6. The number of ether oxygens (including phenoxy) is 2. The van der Waals surface area contributed by atoms with Gasteiger partial charge in [-0.05, 0) is 48.2 Å². The number of hydrogen-bond donors (Lipinski definition) is 1. The van der Waals surface area contributed by atoms with Crippen LogP contribution in [-0.2, 0) is 6.42 Å². The fourth-order valence-electron chi connectivity index (χ4n) is 4.13. The van der Waals surface area contributed by atoms with Crippen molar-refractivity contribution in [3.05, 3.63) is 71.0 Å². The van der Waals surface area contributed by atoms with Gasteiger partial charge in [0.2, 0.25) is 0 Å². The minimum atomic E-state index is -0.245. The van der Waals surface area contributed by atoms with Crippen molar-refractivity contribution in [3.63, 3.8) is 0 Å². The maximum atomic E-state index is 11.1. The van der Waals surface area contributed by atoms with Gasteiger partial charge in [-0.3, -0.25) is 9.38 Å². The first kappa shape index (κ1) is 19.0. The summed E-state index contributed by atoms with van der Waals surface area (Å²) in [6, 6.07) is 11.4. The Morgan fingerprint density at radius 3 is 2.87 bits per heavy atom. The molecule has 0 spiro atoms. The van der Waals surface area contributed by atoms with Crippen LogP contribution in [0.3, 0.4) is 0 Å². The largest absolute Gasteiger partial charge is 0.497 e. The molecule has 1 N–H and O–H groups in total. The van der Waals surface area contributed by atoms with Crippen molar-refractivity contribution in [2.75, 3.05) is 19.5 Å². The second kappa shape index (κ2) is 7.71. The van der Waals surface area contributed by atoms with Crippen molar-refractivity contribution < 1.29 is 9.47 Å². The first-order chi connectivity index (χ1) is 15.2. The first-order valence-corrected chi connectivity index (χ1v) is 9.98. The standard InChI is InChI=1S/C23H21N5O3/c1-30-16-5-7-18(20(12-16)31-2)22-23(28-10-9-24-13-21(28)26-22)25-15-4-6-17-14(11-15)3-8-19(17)27-29/h4-7,9-13,19,25H,3,8H2,1-2H3. The lowest BCUT2D eigenvalue weighted by Crippen LogP contribution is -1.99. The Morgan fingerprint density at radius 1 is 1.16 bits per heavy atom. The van der Waals surface area contributed by atoms with Gasteiger partial charge in [0, 0.05) is 29.7 Å². The molecule has 4 aromatic rings. The van der Waals surface area contributed by atoms with Crippen LogP contribution in [0.25, 0.3) is 16.9 Å². The highest BCUT2D eigenvalue weighted by Gasteiger charge is 2.24. The van der Waals surface area contributed by atoms with Gasteiger partial charge in [-0.25, -0.2) is 4.98 Å². The highest BCUT2D eigenvalue weighted by Crippen LogP contribution is 2.40. The molecule has 8 heteroatoms. The number of methoxy groups -OCH3 is 2. The van der Waals surface area contributed by atoms with E-state index in [2.05, 4.69) is 21.5 Å². The molecule has 0 radical (unpaired) electrons. The zero-order valence-electron chi connectivity index (χ0n) is 17.2. The summed E-state index contributed by atoms with van der Waals surface area (Å²) < 4.78 is 12.9. The Bertz CT molecular complexity index is 1280. The highest BCUT2D eigenvalue weighted by molar-refractivity contribution is 5.83. The van der Waals surface area contributed by atoms with Gasteiger partial charge >= 0.3 is 0 Å².